The minimum absolute atomic E-state index is 0.0120. The summed E-state index contributed by atoms with van der Waals surface area (Å²) < 4.78 is 5.73. The fourth-order valence-corrected chi connectivity index (χ4v) is 3.41. The normalized spacial score (nSPS) is 23.0. The number of ether oxygens (including phenoxy) is 1. The number of para-hydroxylation sites is 1. The van der Waals surface area contributed by atoms with E-state index in [0.29, 0.717) is 12.1 Å². The Morgan fingerprint density at radius 2 is 1.96 bits per heavy atom. The molecule has 5 nitrogen and oxygen atoms in total. The molecular formula is C19H20N2O3. The number of nitrogens with one attached hydrogen (secondary N) is 1. The zero-order valence-electron chi connectivity index (χ0n) is 13.3. The number of fused-ring (bicyclic) bond motifs is 1. The lowest BCUT2D eigenvalue weighted by Crippen LogP contribution is -2.46. The summed E-state index contributed by atoms with van der Waals surface area (Å²) in [5.41, 5.74) is 2.46. The molecular weight excluding hydrogens is 304 g/mol. The second kappa shape index (κ2) is 6.17. The Bertz CT molecular complexity index is 739. The van der Waals surface area contributed by atoms with Crippen LogP contribution < -0.4 is 5.32 Å². The number of aromatic hydroxyl groups is 1. The highest BCUT2D eigenvalue weighted by Gasteiger charge is 2.35. The minimum Gasteiger partial charge on any atom is -0.508 e. The van der Waals surface area contributed by atoms with Gasteiger partial charge < -0.3 is 20.1 Å². The van der Waals surface area contributed by atoms with Crippen molar-refractivity contribution in [2.75, 3.05) is 18.5 Å². The Kier molecular flexibility index (Phi) is 3.86. The number of carbonyl (C=O) groups excluding carboxylic acids is 1. The van der Waals surface area contributed by atoms with Crippen LogP contribution in [-0.2, 0) is 4.74 Å². The third-order valence-corrected chi connectivity index (χ3v) is 4.66. The third-order valence-electron chi connectivity index (χ3n) is 4.66. The van der Waals surface area contributed by atoms with E-state index in [1.165, 1.54) is 0 Å². The molecule has 0 aliphatic carbocycles. The molecule has 1 fully saturated rings. The lowest BCUT2D eigenvalue weighted by atomic mass is 10.0. The van der Waals surface area contributed by atoms with Crippen molar-refractivity contribution in [1.29, 1.82) is 0 Å². The van der Waals surface area contributed by atoms with Crippen LogP contribution in [0.1, 0.15) is 34.9 Å². The third kappa shape index (κ3) is 2.71. The molecule has 0 radical (unpaired) electrons. The molecule has 124 valence electrons. The molecule has 2 atom stereocenters. The summed E-state index contributed by atoms with van der Waals surface area (Å²) in [6.45, 7) is 1.33. The van der Waals surface area contributed by atoms with Crippen LogP contribution in [0.4, 0.5) is 5.69 Å². The fourth-order valence-electron chi connectivity index (χ4n) is 3.41. The van der Waals surface area contributed by atoms with Crippen molar-refractivity contribution in [1.82, 2.24) is 4.90 Å². The Hall–Kier alpha value is -2.53. The number of hydrogen-bond acceptors (Lipinski definition) is 4. The summed E-state index contributed by atoms with van der Waals surface area (Å²) in [5, 5.41) is 13.0. The molecule has 1 saturated heterocycles. The molecule has 2 aromatic rings. The lowest BCUT2D eigenvalue weighted by molar-refractivity contribution is 0.0427. The van der Waals surface area contributed by atoms with E-state index in [0.717, 1.165) is 30.7 Å². The van der Waals surface area contributed by atoms with Crippen molar-refractivity contribution in [3.63, 3.8) is 0 Å². The largest absolute Gasteiger partial charge is 0.508 e. The SMILES string of the molecule is O=C1c2ccccc2N[C@H](c2ccc(O)cc2)N1C[C@@H]1CCCO1. The monoisotopic (exact) mass is 324 g/mol. The van der Waals surface area contributed by atoms with Crippen molar-refractivity contribution < 1.29 is 14.6 Å². The van der Waals surface area contributed by atoms with Crippen LogP contribution in [-0.4, -0.2) is 35.2 Å². The number of phenols is 1. The second-order valence-corrected chi connectivity index (χ2v) is 6.28. The number of nitrogens with zero attached hydrogens (tertiary/aromatic N) is 1. The van der Waals surface area contributed by atoms with E-state index in [9.17, 15) is 9.90 Å². The van der Waals surface area contributed by atoms with Gasteiger partial charge in [-0.25, -0.2) is 0 Å². The van der Waals surface area contributed by atoms with E-state index < -0.39 is 0 Å². The molecule has 0 saturated carbocycles. The fraction of sp³-hybridized carbons (Fsp3) is 0.316. The topological polar surface area (TPSA) is 61.8 Å². The van der Waals surface area contributed by atoms with Crippen LogP contribution in [0.15, 0.2) is 48.5 Å². The van der Waals surface area contributed by atoms with E-state index in [-0.39, 0.29) is 23.9 Å². The van der Waals surface area contributed by atoms with Crippen molar-refractivity contribution in [2.24, 2.45) is 0 Å². The van der Waals surface area contributed by atoms with E-state index in [2.05, 4.69) is 5.32 Å². The average Bonchev–Trinajstić information content (AvgIpc) is 3.11. The van der Waals surface area contributed by atoms with Crippen LogP contribution in [0.5, 0.6) is 5.75 Å². The Morgan fingerprint density at radius 3 is 2.71 bits per heavy atom. The molecule has 0 bridgehead atoms. The molecule has 2 aromatic carbocycles. The van der Waals surface area contributed by atoms with E-state index >= 15 is 0 Å². The average molecular weight is 324 g/mol. The zero-order valence-corrected chi connectivity index (χ0v) is 13.3. The highest BCUT2D eigenvalue weighted by molar-refractivity contribution is 6.01. The maximum absolute atomic E-state index is 13.0. The van der Waals surface area contributed by atoms with Crippen LogP contribution in [0, 0.1) is 0 Å². The molecule has 24 heavy (non-hydrogen) atoms. The van der Waals surface area contributed by atoms with E-state index in [1.54, 1.807) is 12.1 Å². The van der Waals surface area contributed by atoms with Gasteiger partial charge in [0.05, 0.1) is 11.7 Å². The number of anilines is 1. The maximum atomic E-state index is 13.0. The van der Waals surface area contributed by atoms with Gasteiger partial charge >= 0.3 is 0 Å². The standard InChI is InChI=1S/C19H20N2O3/c22-14-9-7-13(8-10-14)18-20-17-6-2-1-5-16(17)19(23)21(18)12-15-4-3-11-24-15/h1-2,5-10,15,18,20,22H,3-4,11-12H2/t15-,18-/m0/s1. The Labute approximate surface area is 140 Å². The van der Waals surface area contributed by atoms with Gasteiger partial charge in [-0.3, -0.25) is 4.79 Å². The van der Waals surface area contributed by atoms with Crippen LogP contribution in [0.3, 0.4) is 0 Å². The van der Waals surface area contributed by atoms with Crippen LogP contribution in [0.2, 0.25) is 0 Å². The summed E-state index contributed by atoms with van der Waals surface area (Å²) in [7, 11) is 0. The molecule has 2 aliphatic heterocycles. The summed E-state index contributed by atoms with van der Waals surface area (Å²) >= 11 is 0. The summed E-state index contributed by atoms with van der Waals surface area (Å²) in [5.74, 6) is 0.227. The lowest BCUT2D eigenvalue weighted by Gasteiger charge is -2.39. The van der Waals surface area contributed by atoms with E-state index in [4.69, 9.17) is 4.74 Å². The van der Waals surface area contributed by atoms with E-state index in [1.807, 2.05) is 41.3 Å². The number of benzene rings is 2. The minimum atomic E-state index is -0.266. The molecule has 5 heteroatoms. The van der Waals surface area contributed by atoms with Gasteiger partial charge in [-0.15, -0.1) is 0 Å². The molecule has 0 spiro atoms. The first kappa shape index (κ1) is 15.0. The first-order chi connectivity index (χ1) is 11.7. The van der Waals surface area contributed by atoms with Gasteiger partial charge in [0.1, 0.15) is 11.9 Å². The molecule has 1 amide bonds. The predicted molar refractivity (Wildman–Crippen MR) is 90.9 cm³/mol. The zero-order chi connectivity index (χ0) is 16.5. The molecule has 0 unspecified atom stereocenters. The van der Waals surface area contributed by atoms with Gasteiger partial charge in [0, 0.05) is 18.8 Å². The molecule has 2 aliphatic rings. The molecule has 2 heterocycles. The highest BCUT2D eigenvalue weighted by Crippen LogP contribution is 2.34. The second-order valence-electron chi connectivity index (χ2n) is 6.28. The van der Waals surface area contributed by atoms with Gasteiger partial charge in [-0.1, -0.05) is 24.3 Å². The number of rotatable bonds is 3. The summed E-state index contributed by atoms with van der Waals surface area (Å²) in [6, 6.07) is 14.5. The number of hydrogen-bond donors (Lipinski definition) is 2. The number of carbonyl (C=O) groups is 1. The Morgan fingerprint density at radius 1 is 1.17 bits per heavy atom. The van der Waals surface area contributed by atoms with Crippen molar-refractivity contribution in [3.8, 4) is 5.75 Å². The molecule has 0 aromatic heterocycles. The first-order valence-corrected chi connectivity index (χ1v) is 8.29. The van der Waals surface area contributed by atoms with Crippen LogP contribution >= 0.6 is 0 Å². The van der Waals surface area contributed by atoms with Gasteiger partial charge in [-0.2, -0.15) is 0 Å². The summed E-state index contributed by atoms with van der Waals surface area (Å²) in [4.78, 5) is 14.9. The van der Waals surface area contributed by atoms with Crippen molar-refractivity contribution in [2.45, 2.75) is 25.1 Å². The Balaban J connectivity index is 1.70. The smallest absolute Gasteiger partial charge is 0.257 e. The summed E-state index contributed by atoms with van der Waals surface area (Å²) in [6.07, 6.45) is 1.84. The molecule has 2 N–H and O–H groups in total. The van der Waals surface area contributed by atoms with Crippen molar-refractivity contribution in [3.05, 3.63) is 59.7 Å². The van der Waals surface area contributed by atoms with Gasteiger partial charge in [0.2, 0.25) is 0 Å². The van der Waals surface area contributed by atoms with Gasteiger partial charge in [0.25, 0.3) is 5.91 Å². The quantitative estimate of drug-likeness (QED) is 0.910. The van der Waals surface area contributed by atoms with Crippen molar-refractivity contribution >= 4 is 11.6 Å². The van der Waals surface area contributed by atoms with Gasteiger partial charge in [-0.05, 0) is 42.7 Å². The van der Waals surface area contributed by atoms with Crippen LogP contribution in [0.25, 0.3) is 0 Å². The molecule has 4 rings (SSSR count). The van der Waals surface area contributed by atoms with Gasteiger partial charge in [0.15, 0.2) is 0 Å². The predicted octanol–water partition coefficient (Wildman–Crippen LogP) is 3.14. The maximum Gasteiger partial charge on any atom is 0.257 e. The number of amides is 1. The number of phenolic OH excluding ortho intramolecular Hbond substituents is 1. The first-order valence-electron chi connectivity index (χ1n) is 8.29. The highest BCUT2D eigenvalue weighted by atomic mass is 16.5.